The van der Waals surface area contributed by atoms with Crippen LogP contribution in [0, 0.1) is 6.92 Å². The van der Waals surface area contributed by atoms with Crippen molar-refractivity contribution in [2.24, 2.45) is 0 Å². The Balaban J connectivity index is 1.24. The summed E-state index contributed by atoms with van der Waals surface area (Å²) in [5.74, 6) is 0. The molecule has 0 bridgehead atoms. The van der Waals surface area contributed by atoms with Gasteiger partial charge < -0.3 is 9.47 Å². The smallest absolute Gasteiger partial charge is 0.0840 e. The fraction of sp³-hybridized carbons (Fsp3) is 0.550. The molecule has 2 aromatic rings. The molecule has 4 nitrogen and oxygen atoms in total. The molecule has 4 rings (SSSR count). The number of hydrogen-bond donors (Lipinski definition) is 0. The van der Waals surface area contributed by atoms with Crippen LogP contribution in [-0.2, 0) is 22.6 Å². The van der Waals surface area contributed by atoms with Crippen LogP contribution < -0.4 is 0 Å². The average molecular weight is 359 g/mol. The molecule has 0 N–H and O–H groups in total. The number of nitrogens with zero attached hydrogens (tertiary/aromatic N) is 2. The van der Waals surface area contributed by atoms with Gasteiger partial charge >= 0.3 is 0 Å². The molecule has 0 aliphatic carbocycles. The van der Waals surface area contributed by atoms with E-state index in [4.69, 9.17) is 9.47 Å². The van der Waals surface area contributed by atoms with Crippen molar-refractivity contribution >= 4 is 11.3 Å². The second kappa shape index (κ2) is 7.54. The number of aromatic nitrogens is 1. The number of piperidine rings is 1. The van der Waals surface area contributed by atoms with Crippen LogP contribution >= 0.6 is 11.3 Å². The quantitative estimate of drug-likeness (QED) is 0.814. The molecule has 0 unspecified atom stereocenters. The maximum Gasteiger partial charge on any atom is 0.0840 e. The monoisotopic (exact) mass is 358 g/mol. The predicted molar refractivity (Wildman–Crippen MR) is 99.7 cm³/mol. The van der Waals surface area contributed by atoms with E-state index in [9.17, 15) is 0 Å². The van der Waals surface area contributed by atoms with Crippen molar-refractivity contribution < 1.29 is 9.47 Å². The topological polar surface area (TPSA) is 34.6 Å². The number of pyridine rings is 1. The fourth-order valence-corrected chi connectivity index (χ4v) is 4.80. The van der Waals surface area contributed by atoms with Gasteiger partial charge in [0.25, 0.3) is 0 Å². The zero-order chi connectivity index (χ0) is 17.1. The van der Waals surface area contributed by atoms with E-state index in [2.05, 4.69) is 35.0 Å². The largest absolute Gasteiger partial charge is 0.372 e. The molecule has 2 aliphatic rings. The summed E-state index contributed by atoms with van der Waals surface area (Å²) in [6.45, 7) is 6.84. The van der Waals surface area contributed by atoms with Gasteiger partial charge in [-0.3, -0.25) is 9.88 Å². The number of hydrogen-bond acceptors (Lipinski definition) is 5. The van der Waals surface area contributed by atoms with Crippen LogP contribution in [0.1, 0.15) is 34.6 Å². The summed E-state index contributed by atoms with van der Waals surface area (Å²) in [6.07, 6.45) is 7.14. The zero-order valence-electron chi connectivity index (χ0n) is 14.8. The summed E-state index contributed by atoms with van der Waals surface area (Å²) in [7, 11) is 0. The number of rotatable bonds is 5. The molecule has 2 aliphatic heterocycles. The second-order valence-corrected chi connectivity index (χ2v) is 8.65. The van der Waals surface area contributed by atoms with Gasteiger partial charge in [0, 0.05) is 48.2 Å². The van der Waals surface area contributed by atoms with Gasteiger partial charge in [0.15, 0.2) is 0 Å². The van der Waals surface area contributed by atoms with Crippen LogP contribution in [0.3, 0.4) is 0 Å². The van der Waals surface area contributed by atoms with E-state index in [0.717, 1.165) is 51.1 Å². The van der Waals surface area contributed by atoms with Crippen molar-refractivity contribution in [1.82, 2.24) is 9.88 Å². The van der Waals surface area contributed by atoms with Crippen LogP contribution in [0.5, 0.6) is 0 Å². The molecule has 1 atom stereocenters. The minimum Gasteiger partial charge on any atom is -0.372 e. The van der Waals surface area contributed by atoms with Gasteiger partial charge in [-0.25, -0.2) is 0 Å². The van der Waals surface area contributed by atoms with Crippen molar-refractivity contribution in [2.45, 2.75) is 51.0 Å². The number of aryl methyl sites for hydroxylation is 1. The molecule has 0 aromatic carbocycles. The summed E-state index contributed by atoms with van der Waals surface area (Å²) in [5, 5.41) is 0. The molecular weight excluding hydrogens is 332 g/mol. The first kappa shape index (κ1) is 17.2. The van der Waals surface area contributed by atoms with E-state index in [-0.39, 0.29) is 11.7 Å². The summed E-state index contributed by atoms with van der Waals surface area (Å²) < 4.78 is 12.3. The lowest BCUT2D eigenvalue weighted by Gasteiger charge is -2.38. The highest BCUT2D eigenvalue weighted by atomic mass is 32.1. The SMILES string of the molecule is Cc1ccc(CN2CCC3(CC2)C[C@H](OCc2cccnc2)CO3)s1. The van der Waals surface area contributed by atoms with E-state index >= 15 is 0 Å². The van der Waals surface area contributed by atoms with E-state index in [1.165, 1.54) is 9.75 Å². The normalized spacial score (nSPS) is 23.3. The Bertz CT molecular complexity index is 680. The maximum atomic E-state index is 6.22. The van der Waals surface area contributed by atoms with Gasteiger partial charge in [-0.2, -0.15) is 0 Å². The van der Waals surface area contributed by atoms with Crippen molar-refractivity contribution in [2.75, 3.05) is 19.7 Å². The predicted octanol–water partition coefficient (Wildman–Crippen LogP) is 3.79. The number of likely N-dealkylation sites (tertiary alicyclic amines) is 1. The third-order valence-electron chi connectivity index (χ3n) is 5.33. The molecule has 0 amide bonds. The lowest BCUT2D eigenvalue weighted by atomic mass is 9.88. The molecule has 1 spiro atoms. The number of ether oxygens (including phenoxy) is 2. The molecule has 2 fully saturated rings. The Morgan fingerprint density at radius 2 is 2.20 bits per heavy atom. The Hall–Kier alpha value is -1.27. The van der Waals surface area contributed by atoms with Crippen LogP contribution in [0.25, 0.3) is 0 Å². The van der Waals surface area contributed by atoms with Gasteiger partial charge in [0.05, 0.1) is 24.9 Å². The molecule has 25 heavy (non-hydrogen) atoms. The van der Waals surface area contributed by atoms with Crippen molar-refractivity contribution in [1.29, 1.82) is 0 Å². The molecule has 134 valence electrons. The Morgan fingerprint density at radius 3 is 2.92 bits per heavy atom. The van der Waals surface area contributed by atoms with Gasteiger partial charge in [-0.05, 0) is 43.5 Å². The third kappa shape index (κ3) is 4.29. The highest BCUT2D eigenvalue weighted by molar-refractivity contribution is 7.11. The lowest BCUT2D eigenvalue weighted by Crippen LogP contribution is -2.43. The van der Waals surface area contributed by atoms with E-state index < -0.39 is 0 Å². The first-order chi connectivity index (χ1) is 12.2. The molecule has 2 aromatic heterocycles. The van der Waals surface area contributed by atoms with Crippen LogP contribution in [0.15, 0.2) is 36.7 Å². The molecular formula is C20H26N2O2S. The first-order valence-corrected chi connectivity index (χ1v) is 9.95. The molecule has 2 saturated heterocycles. The Labute approximate surface area is 153 Å². The Morgan fingerprint density at radius 1 is 1.32 bits per heavy atom. The standard InChI is InChI=1S/C20H26N2O2S/c1-16-4-5-19(25-16)13-22-9-6-20(7-10-22)11-18(15-24-20)23-14-17-3-2-8-21-12-17/h2-5,8,12,18H,6-7,9-11,13-15H2,1H3/t18-/m0/s1. The van der Waals surface area contributed by atoms with Crippen molar-refractivity contribution in [3.8, 4) is 0 Å². The van der Waals surface area contributed by atoms with Crippen LogP contribution in [0.4, 0.5) is 0 Å². The summed E-state index contributed by atoms with van der Waals surface area (Å²) in [6, 6.07) is 8.49. The summed E-state index contributed by atoms with van der Waals surface area (Å²) in [4.78, 5) is 9.57. The third-order valence-corrected chi connectivity index (χ3v) is 6.31. The van der Waals surface area contributed by atoms with Gasteiger partial charge in [-0.15, -0.1) is 11.3 Å². The summed E-state index contributed by atoms with van der Waals surface area (Å²) >= 11 is 1.91. The number of thiophene rings is 1. The van der Waals surface area contributed by atoms with E-state index in [1.807, 2.05) is 23.6 Å². The minimum absolute atomic E-state index is 0.0431. The molecule has 0 radical (unpaired) electrons. The molecule has 5 heteroatoms. The fourth-order valence-electron chi connectivity index (χ4n) is 3.86. The van der Waals surface area contributed by atoms with Gasteiger partial charge in [-0.1, -0.05) is 6.07 Å². The minimum atomic E-state index is 0.0431. The lowest BCUT2D eigenvalue weighted by molar-refractivity contribution is -0.0467. The molecule has 4 heterocycles. The first-order valence-electron chi connectivity index (χ1n) is 9.13. The van der Waals surface area contributed by atoms with E-state index in [0.29, 0.717) is 6.61 Å². The highest BCUT2D eigenvalue weighted by Crippen LogP contribution is 2.37. The second-order valence-electron chi connectivity index (χ2n) is 7.28. The van der Waals surface area contributed by atoms with Crippen LogP contribution in [0.2, 0.25) is 0 Å². The zero-order valence-corrected chi connectivity index (χ0v) is 15.6. The van der Waals surface area contributed by atoms with Crippen molar-refractivity contribution in [3.05, 3.63) is 52.0 Å². The maximum absolute atomic E-state index is 6.22. The van der Waals surface area contributed by atoms with E-state index in [1.54, 1.807) is 6.20 Å². The van der Waals surface area contributed by atoms with Crippen molar-refractivity contribution in [3.63, 3.8) is 0 Å². The Kier molecular flexibility index (Phi) is 5.17. The van der Waals surface area contributed by atoms with Gasteiger partial charge in [0.2, 0.25) is 0 Å². The van der Waals surface area contributed by atoms with Gasteiger partial charge in [0.1, 0.15) is 0 Å². The molecule has 0 saturated carbocycles. The van der Waals surface area contributed by atoms with Crippen LogP contribution in [-0.4, -0.2) is 41.3 Å². The summed E-state index contributed by atoms with van der Waals surface area (Å²) in [5.41, 5.74) is 1.17. The average Bonchev–Trinajstić information content (AvgIpc) is 3.23. The highest BCUT2D eigenvalue weighted by Gasteiger charge is 2.43.